The second-order valence-electron chi connectivity index (χ2n) is 5.85. The normalized spacial score (nSPS) is 13.2. The number of para-hydroxylation sites is 1. The van der Waals surface area contributed by atoms with Gasteiger partial charge in [-0.3, -0.25) is 9.59 Å². The lowest BCUT2D eigenvalue weighted by atomic mass is 10.2. The smallest absolute Gasteiger partial charge is 0.264 e. The summed E-state index contributed by atoms with van der Waals surface area (Å²) in [6.07, 6.45) is 2.09. The number of nitrogens with zero attached hydrogens (tertiary/aromatic N) is 1. The summed E-state index contributed by atoms with van der Waals surface area (Å²) in [7, 11) is 1.71. The van der Waals surface area contributed by atoms with Crippen molar-refractivity contribution < 1.29 is 14.3 Å². The van der Waals surface area contributed by atoms with Crippen LogP contribution in [0.2, 0.25) is 0 Å². The second kappa shape index (κ2) is 7.17. The maximum absolute atomic E-state index is 12.2. The molecule has 1 fully saturated rings. The van der Waals surface area contributed by atoms with E-state index in [4.69, 9.17) is 4.74 Å². The molecule has 0 atom stereocenters. The standard InChI is InChI=1S/C19H20N2O3/c1-21(16-7-3-2-4-8-16)18(22)13-24-17-9-5-6-14(12-17)19(23)20-15-10-11-15/h2-9,12,15H,10-11,13H2,1H3,(H,20,23). The maximum atomic E-state index is 12.2. The van der Waals surface area contributed by atoms with Crippen LogP contribution in [0.3, 0.4) is 0 Å². The van der Waals surface area contributed by atoms with Gasteiger partial charge in [-0.2, -0.15) is 0 Å². The Hall–Kier alpha value is -2.82. The van der Waals surface area contributed by atoms with E-state index in [2.05, 4.69) is 5.32 Å². The SMILES string of the molecule is CN(C(=O)COc1cccc(C(=O)NC2CC2)c1)c1ccccc1. The van der Waals surface area contributed by atoms with E-state index in [9.17, 15) is 9.59 Å². The number of hydrogen-bond donors (Lipinski definition) is 1. The van der Waals surface area contributed by atoms with Gasteiger partial charge in [-0.05, 0) is 43.2 Å². The van der Waals surface area contributed by atoms with Gasteiger partial charge >= 0.3 is 0 Å². The number of ether oxygens (including phenoxy) is 1. The van der Waals surface area contributed by atoms with Crippen molar-refractivity contribution in [2.24, 2.45) is 0 Å². The lowest BCUT2D eigenvalue weighted by molar-refractivity contribution is -0.120. The zero-order valence-corrected chi connectivity index (χ0v) is 13.6. The van der Waals surface area contributed by atoms with Crippen molar-refractivity contribution in [2.75, 3.05) is 18.6 Å². The Morgan fingerprint density at radius 3 is 2.58 bits per heavy atom. The highest BCUT2D eigenvalue weighted by Crippen LogP contribution is 2.20. The third-order valence-corrected chi connectivity index (χ3v) is 3.89. The van der Waals surface area contributed by atoms with Crippen LogP contribution in [-0.4, -0.2) is 31.5 Å². The number of carbonyl (C=O) groups excluding carboxylic acids is 2. The first-order valence-electron chi connectivity index (χ1n) is 7.99. The number of anilines is 1. The van der Waals surface area contributed by atoms with E-state index in [1.54, 1.807) is 36.2 Å². The van der Waals surface area contributed by atoms with Crippen molar-refractivity contribution in [3.8, 4) is 5.75 Å². The van der Waals surface area contributed by atoms with E-state index in [1.165, 1.54) is 0 Å². The predicted molar refractivity (Wildman–Crippen MR) is 92.3 cm³/mol. The molecule has 0 bridgehead atoms. The Balaban J connectivity index is 1.57. The van der Waals surface area contributed by atoms with E-state index in [0.29, 0.717) is 17.4 Å². The van der Waals surface area contributed by atoms with Crippen LogP contribution < -0.4 is 15.0 Å². The van der Waals surface area contributed by atoms with E-state index >= 15 is 0 Å². The Morgan fingerprint density at radius 1 is 1.12 bits per heavy atom. The zero-order chi connectivity index (χ0) is 16.9. The van der Waals surface area contributed by atoms with Gasteiger partial charge in [-0.15, -0.1) is 0 Å². The van der Waals surface area contributed by atoms with Crippen LogP contribution in [0.25, 0.3) is 0 Å². The van der Waals surface area contributed by atoms with Gasteiger partial charge in [-0.1, -0.05) is 24.3 Å². The van der Waals surface area contributed by atoms with Gasteiger partial charge in [0.05, 0.1) is 0 Å². The van der Waals surface area contributed by atoms with Crippen molar-refractivity contribution in [3.63, 3.8) is 0 Å². The topological polar surface area (TPSA) is 58.6 Å². The largest absolute Gasteiger partial charge is 0.484 e. The zero-order valence-electron chi connectivity index (χ0n) is 13.6. The molecule has 0 radical (unpaired) electrons. The Bertz CT molecular complexity index is 726. The number of nitrogens with one attached hydrogen (secondary N) is 1. The fourth-order valence-corrected chi connectivity index (χ4v) is 2.26. The molecule has 0 spiro atoms. The number of likely N-dealkylation sites (N-methyl/N-ethyl adjacent to an activating group) is 1. The minimum Gasteiger partial charge on any atom is -0.484 e. The molecule has 24 heavy (non-hydrogen) atoms. The minimum absolute atomic E-state index is 0.0842. The average Bonchev–Trinajstić information content (AvgIpc) is 3.44. The molecule has 2 aromatic carbocycles. The second-order valence-corrected chi connectivity index (χ2v) is 5.85. The molecular weight excluding hydrogens is 304 g/mol. The van der Waals surface area contributed by atoms with Gasteiger partial charge in [0.1, 0.15) is 5.75 Å². The number of carbonyl (C=O) groups is 2. The summed E-state index contributed by atoms with van der Waals surface area (Å²) in [5, 5.41) is 2.93. The van der Waals surface area contributed by atoms with E-state index in [-0.39, 0.29) is 18.4 Å². The van der Waals surface area contributed by atoms with Gasteiger partial charge in [0, 0.05) is 24.3 Å². The Morgan fingerprint density at radius 2 is 1.88 bits per heavy atom. The third kappa shape index (κ3) is 4.13. The van der Waals surface area contributed by atoms with Crippen LogP contribution in [-0.2, 0) is 4.79 Å². The quantitative estimate of drug-likeness (QED) is 0.888. The summed E-state index contributed by atoms with van der Waals surface area (Å²) in [6.45, 7) is -0.0842. The maximum Gasteiger partial charge on any atom is 0.264 e. The molecule has 5 nitrogen and oxygen atoms in total. The molecule has 0 aromatic heterocycles. The molecule has 5 heteroatoms. The fourth-order valence-electron chi connectivity index (χ4n) is 2.26. The first kappa shape index (κ1) is 16.1. The molecular formula is C19H20N2O3. The fraction of sp³-hybridized carbons (Fsp3) is 0.263. The molecule has 0 aliphatic heterocycles. The van der Waals surface area contributed by atoms with Gasteiger partial charge in [-0.25, -0.2) is 0 Å². The monoisotopic (exact) mass is 324 g/mol. The van der Waals surface area contributed by atoms with Gasteiger partial charge in [0.2, 0.25) is 0 Å². The molecule has 3 rings (SSSR count). The molecule has 1 aliphatic rings. The molecule has 0 heterocycles. The van der Waals surface area contributed by atoms with Crippen molar-refractivity contribution in [3.05, 3.63) is 60.2 Å². The molecule has 1 aliphatic carbocycles. The summed E-state index contributed by atoms with van der Waals surface area (Å²) in [5.74, 6) is 0.248. The van der Waals surface area contributed by atoms with Crippen LogP contribution in [0.1, 0.15) is 23.2 Å². The third-order valence-electron chi connectivity index (χ3n) is 3.89. The first-order valence-corrected chi connectivity index (χ1v) is 7.99. The van der Waals surface area contributed by atoms with Crippen molar-refractivity contribution >= 4 is 17.5 Å². The lowest BCUT2D eigenvalue weighted by Crippen LogP contribution is -2.31. The van der Waals surface area contributed by atoms with E-state index < -0.39 is 0 Å². The number of rotatable bonds is 6. The van der Waals surface area contributed by atoms with E-state index in [0.717, 1.165) is 18.5 Å². The minimum atomic E-state index is -0.158. The highest BCUT2D eigenvalue weighted by Gasteiger charge is 2.23. The van der Waals surface area contributed by atoms with Gasteiger partial charge in [0.15, 0.2) is 6.61 Å². The van der Waals surface area contributed by atoms with Gasteiger partial charge < -0.3 is 15.0 Å². The van der Waals surface area contributed by atoms with Crippen LogP contribution in [0.4, 0.5) is 5.69 Å². The summed E-state index contributed by atoms with van der Waals surface area (Å²) in [6, 6.07) is 16.6. The van der Waals surface area contributed by atoms with Crippen LogP contribution in [0, 0.1) is 0 Å². The van der Waals surface area contributed by atoms with Crippen LogP contribution in [0.5, 0.6) is 5.75 Å². The van der Waals surface area contributed by atoms with Crippen molar-refractivity contribution in [1.29, 1.82) is 0 Å². The highest BCUT2D eigenvalue weighted by atomic mass is 16.5. The predicted octanol–water partition coefficient (Wildman–Crippen LogP) is 2.62. The molecule has 1 saturated carbocycles. The number of benzene rings is 2. The van der Waals surface area contributed by atoms with Crippen molar-refractivity contribution in [1.82, 2.24) is 5.32 Å². The molecule has 124 valence electrons. The summed E-state index contributed by atoms with van der Waals surface area (Å²) < 4.78 is 5.55. The van der Waals surface area contributed by atoms with E-state index in [1.807, 2.05) is 30.3 Å². The summed E-state index contributed by atoms with van der Waals surface area (Å²) in [5.41, 5.74) is 1.35. The lowest BCUT2D eigenvalue weighted by Gasteiger charge is -2.17. The summed E-state index contributed by atoms with van der Waals surface area (Å²) >= 11 is 0. The van der Waals surface area contributed by atoms with Gasteiger partial charge in [0.25, 0.3) is 11.8 Å². The number of hydrogen-bond acceptors (Lipinski definition) is 3. The van der Waals surface area contributed by atoms with Crippen molar-refractivity contribution in [2.45, 2.75) is 18.9 Å². The molecule has 2 amide bonds. The first-order chi connectivity index (χ1) is 11.6. The average molecular weight is 324 g/mol. The Kier molecular flexibility index (Phi) is 4.79. The molecule has 0 unspecified atom stereocenters. The molecule has 2 aromatic rings. The molecule has 1 N–H and O–H groups in total. The Labute approximate surface area is 141 Å². The highest BCUT2D eigenvalue weighted by molar-refractivity contribution is 5.95. The number of amides is 2. The van der Waals surface area contributed by atoms with Crippen LogP contribution >= 0.6 is 0 Å². The summed E-state index contributed by atoms with van der Waals surface area (Å²) in [4.78, 5) is 25.8. The molecule has 0 saturated heterocycles. The van der Waals surface area contributed by atoms with Crippen LogP contribution in [0.15, 0.2) is 54.6 Å².